The van der Waals surface area contributed by atoms with Crippen LogP contribution in [0.2, 0.25) is 10.0 Å². The van der Waals surface area contributed by atoms with Gasteiger partial charge in [0.1, 0.15) is 0 Å². The average Bonchev–Trinajstić information content (AvgIpc) is 2.81. The van der Waals surface area contributed by atoms with Gasteiger partial charge in [-0.3, -0.25) is 4.79 Å². The predicted octanol–water partition coefficient (Wildman–Crippen LogP) is 3.62. The Morgan fingerprint density at radius 1 is 1.43 bits per heavy atom. The molecule has 0 aliphatic carbocycles. The van der Waals surface area contributed by atoms with Gasteiger partial charge in [0.05, 0.1) is 10.6 Å². The van der Waals surface area contributed by atoms with Gasteiger partial charge in [0.2, 0.25) is 5.91 Å². The standard InChI is InChI=1S/C13H8Cl2N2O3S/c14-5-1-2-6(8(15)3-5)7-4-9(18)16-10-11(13(19)20)17-21-12(7)10/h1-3,7H,4H2,(H,16,18)(H,19,20). The van der Waals surface area contributed by atoms with Gasteiger partial charge in [-0.05, 0) is 29.2 Å². The van der Waals surface area contributed by atoms with Crippen molar-refractivity contribution < 1.29 is 14.7 Å². The zero-order valence-corrected chi connectivity index (χ0v) is 12.7. The highest BCUT2D eigenvalue weighted by molar-refractivity contribution is 7.06. The predicted molar refractivity (Wildman–Crippen MR) is 80.6 cm³/mol. The molecule has 2 heterocycles. The van der Waals surface area contributed by atoms with E-state index in [9.17, 15) is 9.59 Å². The highest BCUT2D eigenvalue weighted by Crippen LogP contribution is 2.43. The first-order valence-electron chi connectivity index (χ1n) is 5.95. The molecule has 1 atom stereocenters. The van der Waals surface area contributed by atoms with Gasteiger partial charge in [0, 0.05) is 22.4 Å². The summed E-state index contributed by atoms with van der Waals surface area (Å²) in [6.07, 6.45) is 0.190. The molecule has 0 bridgehead atoms. The lowest BCUT2D eigenvalue weighted by molar-refractivity contribution is -0.116. The van der Waals surface area contributed by atoms with Crippen molar-refractivity contribution in [3.63, 3.8) is 0 Å². The fraction of sp³-hybridized carbons (Fsp3) is 0.154. The van der Waals surface area contributed by atoms with E-state index in [1.165, 1.54) is 0 Å². The lowest BCUT2D eigenvalue weighted by Crippen LogP contribution is -2.23. The summed E-state index contributed by atoms with van der Waals surface area (Å²) in [6.45, 7) is 0. The van der Waals surface area contributed by atoms with Crippen molar-refractivity contribution in [3.8, 4) is 0 Å². The maximum Gasteiger partial charge on any atom is 0.357 e. The van der Waals surface area contributed by atoms with Gasteiger partial charge in [-0.15, -0.1) is 0 Å². The number of hydrogen-bond acceptors (Lipinski definition) is 4. The van der Waals surface area contributed by atoms with Crippen molar-refractivity contribution >= 4 is 52.3 Å². The van der Waals surface area contributed by atoms with E-state index in [2.05, 4.69) is 9.69 Å². The monoisotopic (exact) mass is 342 g/mol. The molecule has 1 aliphatic heterocycles. The van der Waals surface area contributed by atoms with Crippen LogP contribution in [0.15, 0.2) is 18.2 Å². The summed E-state index contributed by atoms with van der Waals surface area (Å²) in [5.74, 6) is -1.75. The molecule has 8 heteroatoms. The average molecular weight is 343 g/mol. The topological polar surface area (TPSA) is 79.3 Å². The zero-order chi connectivity index (χ0) is 15.1. The van der Waals surface area contributed by atoms with Crippen molar-refractivity contribution in [1.82, 2.24) is 4.37 Å². The summed E-state index contributed by atoms with van der Waals surface area (Å²) in [5.41, 5.74) is 0.857. The Balaban J connectivity index is 2.13. The molecule has 1 aromatic heterocycles. The first-order chi connectivity index (χ1) is 9.97. The summed E-state index contributed by atoms with van der Waals surface area (Å²) in [7, 11) is 0. The molecular weight excluding hydrogens is 335 g/mol. The lowest BCUT2D eigenvalue weighted by Gasteiger charge is -2.23. The maximum absolute atomic E-state index is 11.9. The Bertz CT molecular complexity index is 760. The highest BCUT2D eigenvalue weighted by Gasteiger charge is 2.33. The normalized spacial score (nSPS) is 17.2. The minimum absolute atomic E-state index is 0.141. The van der Waals surface area contributed by atoms with Gasteiger partial charge in [-0.25, -0.2) is 4.79 Å². The number of nitrogens with one attached hydrogen (secondary N) is 1. The van der Waals surface area contributed by atoms with E-state index < -0.39 is 5.97 Å². The number of amides is 1. The van der Waals surface area contributed by atoms with Crippen molar-refractivity contribution in [2.24, 2.45) is 0 Å². The second kappa shape index (κ2) is 5.29. The molecule has 1 unspecified atom stereocenters. The molecule has 1 aromatic carbocycles. The van der Waals surface area contributed by atoms with E-state index in [0.717, 1.165) is 17.1 Å². The van der Waals surface area contributed by atoms with Crippen LogP contribution in [0.1, 0.15) is 33.3 Å². The van der Waals surface area contributed by atoms with Crippen LogP contribution in [0.3, 0.4) is 0 Å². The van der Waals surface area contributed by atoms with Gasteiger partial charge in [0.15, 0.2) is 5.69 Å². The number of aromatic nitrogens is 1. The molecular formula is C13H8Cl2N2O3S. The third-order valence-corrected chi connectivity index (χ3v) is 4.75. The van der Waals surface area contributed by atoms with Crippen LogP contribution in [-0.2, 0) is 4.79 Å². The van der Waals surface area contributed by atoms with Crippen LogP contribution in [0, 0.1) is 0 Å². The third-order valence-electron chi connectivity index (χ3n) is 3.23. The van der Waals surface area contributed by atoms with Crippen LogP contribution in [0.5, 0.6) is 0 Å². The number of carbonyl (C=O) groups excluding carboxylic acids is 1. The molecule has 108 valence electrons. The number of carboxylic acids is 1. The molecule has 3 rings (SSSR count). The maximum atomic E-state index is 11.9. The Kier molecular flexibility index (Phi) is 3.61. The Hall–Kier alpha value is -1.63. The molecule has 5 nitrogen and oxygen atoms in total. The molecule has 0 radical (unpaired) electrons. The second-order valence-electron chi connectivity index (χ2n) is 4.55. The Morgan fingerprint density at radius 3 is 2.86 bits per heavy atom. The molecule has 2 N–H and O–H groups in total. The number of aromatic carboxylic acids is 1. The van der Waals surface area contributed by atoms with E-state index in [1.54, 1.807) is 18.2 Å². The zero-order valence-electron chi connectivity index (χ0n) is 10.4. The Morgan fingerprint density at radius 2 is 2.19 bits per heavy atom. The van der Waals surface area contributed by atoms with Gasteiger partial charge >= 0.3 is 5.97 Å². The second-order valence-corrected chi connectivity index (χ2v) is 6.19. The number of benzene rings is 1. The third kappa shape index (κ3) is 2.50. The number of halogens is 2. The number of anilines is 1. The van der Waals surface area contributed by atoms with Crippen LogP contribution < -0.4 is 5.32 Å². The van der Waals surface area contributed by atoms with E-state index in [4.69, 9.17) is 28.3 Å². The van der Waals surface area contributed by atoms with Crippen molar-refractivity contribution in [2.75, 3.05) is 5.32 Å². The number of hydrogen-bond donors (Lipinski definition) is 2. The van der Waals surface area contributed by atoms with Crippen LogP contribution in [0.4, 0.5) is 5.69 Å². The molecule has 1 amide bonds. The quantitative estimate of drug-likeness (QED) is 0.873. The number of carbonyl (C=O) groups is 2. The SMILES string of the molecule is O=C1CC(c2ccc(Cl)cc2Cl)c2snc(C(=O)O)c2N1. The smallest absolute Gasteiger partial charge is 0.357 e. The van der Waals surface area contributed by atoms with Gasteiger partial charge in [-0.1, -0.05) is 29.3 Å². The van der Waals surface area contributed by atoms with Crippen LogP contribution in [0.25, 0.3) is 0 Å². The largest absolute Gasteiger partial charge is 0.476 e. The fourth-order valence-electron chi connectivity index (χ4n) is 2.31. The minimum Gasteiger partial charge on any atom is -0.476 e. The molecule has 2 aromatic rings. The van der Waals surface area contributed by atoms with Gasteiger partial charge in [0.25, 0.3) is 0 Å². The molecule has 0 saturated heterocycles. The van der Waals surface area contributed by atoms with E-state index >= 15 is 0 Å². The summed E-state index contributed by atoms with van der Waals surface area (Å²) >= 11 is 13.1. The first-order valence-corrected chi connectivity index (χ1v) is 7.48. The summed E-state index contributed by atoms with van der Waals surface area (Å²) < 4.78 is 3.91. The summed E-state index contributed by atoms with van der Waals surface area (Å²) in [5, 5.41) is 12.6. The first kappa shape index (κ1) is 14.3. The molecule has 0 fully saturated rings. The molecule has 0 spiro atoms. The Labute approximate surface area is 133 Å². The van der Waals surface area contributed by atoms with Crippen LogP contribution >= 0.6 is 34.7 Å². The summed E-state index contributed by atoms with van der Waals surface area (Å²) in [4.78, 5) is 23.7. The van der Waals surface area contributed by atoms with Gasteiger partial charge < -0.3 is 10.4 Å². The van der Waals surface area contributed by atoms with E-state index in [0.29, 0.717) is 14.9 Å². The number of fused-ring (bicyclic) bond motifs is 1. The van der Waals surface area contributed by atoms with Crippen molar-refractivity contribution in [1.29, 1.82) is 0 Å². The van der Waals surface area contributed by atoms with E-state index in [1.807, 2.05) is 0 Å². The van der Waals surface area contributed by atoms with E-state index in [-0.39, 0.29) is 29.6 Å². The van der Waals surface area contributed by atoms with Gasteiger partial charge in [-0.2, -0.15) is 4.37 Å². The minimum atomic E-state index is -1.17. The molecule has 1 aliphatic rings. The number of nitrogens with zero attached hydrogens (tertiary/aromatic N) is 1. The fourth-order valence-corrected chi connectivity index (χ4v) is 3.79. The molecule has 21 heavy (non-hydrogen) atoms. The lowest BCUT2D eigenvalue weighted by atomic mass is 9.90. The van der Waals surface area contributed by atoms with Crippen LogP contribution in [-0.4, -0.2) is 21.4 Å². The van der Waals surface area contributed by atoms with Crippen molar-refractivity contribution in [2.45, 2.75) is 12.3 Å². The highest BCUT2D eigenvalue weighted by atomic mass is 35.5. The number of carboxylic acid groups (broad SMARTS) is 1. The van der Waals surface area contributed by atoms with Crippen molar-refractivity contribution in [3.05, 3.63) is 44.4 Å². The summed E-state index contributed by atoms with van der Waals surface area (Å²) in [6, 6.07) is 5.04. The number of rotatable bonds is 2. The molecule has 0 saturated carbocycles.